The second-order valence-corrected chi connectivity index (χ2v) is 11.3. The molecule has 1 amide bonds. The standard InChI is InChI=1S/C26H23BN2O4S2/c1-2-35(32,33)19-14-12-17(13-15-19)16-22(30)28-26-29-23(18-8-4-3-5-9-18)25(34-26)24(31)20-10-6-7-11-21(20)27/h3-15H,2,16,27H2,1H3,(H,28,29,30). The minimum Gasteiger partial charge on any atom is -0.302 e. The van der Waals surface area contributed by atoms with E-state index in [2.05, 4.69) is 10.3 Å². The summed E-state index contributed by atoms with van der Waals surface area (Å²) in [6.07, 6.45) is 0.0494. The summed E-state index contributed by atoms with van der Waals surface area (Å²) in [5.41, 5.74) is 3.44. The molecule has 0 aliphatic heterocycles. The maximum Gasteiger partial charge on any atom is 0.230 e. The number of carbonyl (C=O) groups excluding carboxylic acids is 2. The number of anilines is 1. The molecule has 0 fully saturated rings. The Morgan fingerprint density at radius 1 is 0.943 bits per heavy atom. The fourth-order valence-corrected chi connectivity index (χ4v) is 5.44. The molecule has 0 aliphatic carbocycles. The maximum atomic E-state index is 13.4. The third-order valence-electron chi connectivity index (χ3n) is 5.54. The number of hydrogen-bond acceptors (Lipinski definition) is 6. The van der Waals surface area contributed by atoms with Crippen molar-refractivity contribution in [3.63, 3.8) is 0 Å². The summed E-state index contributed by atoms with van der Waals surface area (Å²) in [5, 5.41) is 3.13. The zero-order chi connectivity index (χ0) is 25.0. The fourth-order valence-electron chi connectivity index (χ4n) is 3.60. The molecule has 35 heavy (non-hydrogen) atoms. The molecule has 3 aromatic carbocycles. The lowest BCUT2D eigenvalue weighted by Gasteiger charge is -2.05. The Balaban J connectivity index is 1.59. The van der Waals surface area contributed by atoms with E-state index in [1.54, 1.807) is 25.1 Å². The van der Waals surface area contributed by atoms with E-state index in [0.29, 0.717) is 26.8 Å². The highest BCUT2D eigenvalue weighted by atomic mass is 32.2. The van der Waals surface area contributed by atoms with Gasteiger partial charge in [-0.25, -0.2) is 13.4 Å². The van der Waals surface area contributed by atoms with Gasteiger partial charge in [0.05, 0.1) is 22.8 Å². The second-order valence-electron chi connectivity index (χ2n) is 7.98. The number of hydrogen-bond donors (Lipinski definition) is 1. The third-order valence-corrected chi connectivity index (χ3v) is 8.26. The zero-order valence-corrected chi connectivity index (χ0v) is 20.9. The number of amides is 1. The first-order chi connectivity index (χ1) is 16.8. The van der Waals surface area contributed by atoms with Crippen molar-refractivity contribution >= 4 is 51.3 Å². The minimum atomic E-state index is -3.30. The molecule has 4 rings (SSSR count). The van der Waals surface area contributed by atoms with E-state index in [1.165, 1.54) is 12.1 Å². The van der Waals surface area contributed by atoms with Crippen LogP contribution in [0.15, 0.2) is 83.8 Å². The molecule has 0 radical (unpaired) electrons. The van der Waals surface area contributed by atoms with Crippen molar-refractivity contribution in [2.75, 3.05) is 11.1 Å². The van der Waals surface area contributed by atoms with Crippen molar-refractivity contribution in [1.82, 2.24) is 4.98 Å². The molecule has 0 spiro atoms. The number of aromatic nitrogens is 1. The molecule has 6 nitrogen and oxygen atoms in total. The number of sulfone groups is 1. The van der Waals surface area contributed by atoms with E-state index in [9.17, 15) is 18.0 Å². The van der Waals surface area contributed by atoms with E-state index >= 15 is 0 Å². The lowest BCUT2D eigenvalue weighted by Crippen LogP contribution is -2.15. The molecule has 9 heteroatoms. The highest BCUT2D eigenvalue weighted by molar-refractivity contribution is 7.91. The molecule has 0 saturated heterocycles. The largest absolute Gasteiger partial charge is 0.302 e. The molecule has 1 heterocycles. The van der Waals surface area contributed by atoms with E-state index in [-0.39, 0.29) is 28.8 Å². The van der Waals surface area contributed by atoms with Gasteiger partial charge in [-0.2, -0.15) is 0 Å². The Morgan fingerprint density at radius 3 is 2.26 bits per heavy atom. The average molecular weight is 502 g/mol. The highest BCUT2D eigenvalue weighted by Crippen LogP contribution is 2.33. The van der Waals surface area contributed by atoms with Gasteiger partial charge in [-0.3, -0.25) is 9.59 Å². The monoisotopic (exact) mass is 502 g/mol. The molecule has 0 atom stereocenters. The first kappa shape index (κ1) is 24.6. The van der Waals surface area contributed by atoms with Crippen LogP contribution in [0.4, 0.5) is 5.13 Å². The third kappa shape index (κ3) is 5.58. The SMILES string of the molecule is Bc1ccccc1C(=O)c1sc(NC(=O)Cc2ccc(S(=O)(=O)CC)cc2)nc1-c1ccccc1. The number of rotatable bonds is 8. The van der Waals surface area contributed by atoms with Gasteiger partial charge in [0.2, 0.25) is 11.7 Å². The van der Waals surface area contributed by atoms with Gasteiger partial charge in [0.1, 0.15) is 12.7 Å². The summed E-state index contributed by atoms with van der Waals surface area (Å²) < 4.78 is 24.0. The van der Waals surface area contributed by atoms with Crippen LogP contribution in [0.2, 0.25) is 0 Å². The van der Waals surface area contributed by atoms with Gasteiger partial charge in [0.25, 0.3) is 0 Å². The summed E-state index contributed by atoms with van der Waals surface area (Å²) in [5.74, 6) is -0.434. The normalized spacial score (nSPS) is 11.2. The van der Waals surface area contributed by atoms with E-state index in [1.807, 2.05) is 56.4 Å². The zero-order valence-electron chi connectivity index (χ0n) is 19.3. The Kier molecular flexibility index (Phi) is 7.28. The molecule has 0 saturated carbocycles. The van der Waals surface area contributed by atoms with Gasteiger partial charge in [0.15, 0.2) is 15.0 Å². The summed E-state index contributed by atoms with van der Waals surface area (Å²) in [7, 11) is -1.41. The molecular formula is C26H23BN2O4S2. The van der Waals surface area contributed by atoms with Crippen LogP contribution in [0.25, 0.3) is 11.3 Å². The van der Waals surface area contributed by atoms with Crippen molar-refractivity contribution in [2.45, 2.75) is 18.2 Å². The Labute approximate surface area is 209 Å². The van der Waals surface area contributed by atoms with Gasteiger partial charge in [-0.15, -0.1) is 0 Å². The number of nitrogens with zero attached hydrogens (tertiary/aromatic N) is 1. The van der Waals surface area contributed by atoms with Crippen LogP contribution < -0.4 is 10.8 Å². The van der Waals surface area contributed by atoms with E-state index in [4.69, 9.17) is 0 Å². The van der Waals surface area contributed by atoms with Crippen LogP contribution in [0, 0.1) is 0 Å². The van der Waals surface area contributed by atoms with Crippen LogP contribution in [0.1, 0.15) is 27.7 Å². The Hall–Kier alpha value is -3.56. The molecule has 0 unspecified atom stereocenters. The summed E-state index contributed by atoms with van der Waals surface area (Å²) in [6, 6.07) is 23.0. The summed E-state index contributed by atoms with van der Waals surface area (Å²) in [6.45, 7) is 1.59. The molecule has 0 bridgehead atoms. The minimum absolute atomic E-state index is 0.0180. The quantitative estimate of drug-likeness (QED) is 0.295. The molecule has 176 valence electrons. The van der Waals surface area contributed by atoms with Crippen molar-refractivity contribution < 1.29 is 18.0 Å². The second kappa shape index (κ2) is 10.4. The van der Waals surface area contributed by atoms with E-state index < -0.39 is 9.84 Å². The highest BCUT2D eigenvalue weighted by Gasteiger charge is 2.22. The number of benzene rings is 3. The smallest absolute Gasteiger partial charge is 0.230 e. The maximum absolute atomic E-state index is 13.4. The number of carbonyl (C=O) groups is 2. The molecular weight excluding hydrogens is 479 g/mol. The van der Waals surface area contributed by atoms with Crippen LogP contribution >= 0.6 is 11.3 Å². The van der Waals surface area contributed by atoms with Gasteiger partial charge < -0.3 is 5.32 Å². The molecule has 0 aliphatic rings. The van der Waals surface area contributed by atoms with Crippen molar-refractivity contribution in [2.24, 2.45) is 0 Å². The van der Waals surface area contributed by atoms with Gasteiger partial charge in [-0.05, 0) is 17.7 Å². The lowest BCUT2D eigenvalue weighted by molar-refractivity contribution is -0.115. The topological polar surface area (TPSA) is 93.2 Å². The molecule has 1 N–H and O–H groups in total. The van der Waals surface area contributed by atoms with Gasteiger partial charge >= 0.3 is 0 Å². The number of thiazole rings is 1. The molecule has 1 aromatic heterocycles. The first-order valence-electron chi connectivity index (χ1n) is 11.1. The van der Waals surface area contributed by atoms with E-state index in [0.717, 1.165) is 22.4 Å². The Bertz CT molecular complexity index is 1480. The van der Waals surface area contributed by atoms with Crippen LogP contribution in [-0.4, -0.2) is 38.7 Å². The number of nitrogens with one attached hydrogen (secondary N) is 1. The summed E-state index contributed by atoms with van der Waals surface area (Å²) >= 11 is 1.14. The van der Waals surface area contributed by atoms with Gasteiger partial charge in [-0.1, -0.05) is 90.5 Å². The van der Waals surface area contributed by atoms with Crippen LogP contribution in [-0.2, 0) is 21.1 Å². The molecule has 4 aromatic rings. The fraction of sp³-hybridized carbons (Fsp3) is 0.115. The Morgan fingerprint density at radius 2 is 1.60 bits per heavy atom. The van der Waals surface area contributed by atoms with Crippen LogP contribution in [0.3, 0.4) is 0 Å². The number of ketones is 1. The van der Waals surface area contributed by atoms with Crippen molar-refractivity contribution in [3.05, 3.63) is 94.9 Å². The predicted molar refractivity (Wildman–Crippen MR) is 142 cm³/mol. The average Bonchev–Trinajstić information content (AvgIpc) is 3.28. The van der Waals surface area contributed by atoms with Gasteiger partial charge in [0, 0.05) is 11.1 Å². The predicted octanol–water partition coefficient (Wildman–Crippen LogP) is 3.27. The lowest BCUT2D eigenvalue weighted by atomic mass is 9.88. The van der Waals surface area contributed by atoms with Crippen molar-refractivity contribution in [1.29, 1.82) is 0 Å². The first-order valence-corrected chi connectivity index (χ1v) is 13.5. The summed E-state index contributed by atoms with van der Waals surface area (Å²) in [4.78, 5) is 31.4. The van der Waals surface area contributed by atoms with Crippen molar-refractivity contribution in [3.8, 4) is 11.3 Å². The van der Waals surface area contributed by atoms with Crippen LogP contribution in [0.5, 0.6) is 0 Å².